The Kier molecular flexibility index (Phi) is 8.65. The zero-order chi connectivity index (χ0) is 16.7. The molecule has 0 spiro atoms. The van der Waals surface area contributed by atoms with Gasteiger partial charge in [-0.05, 0) is 12.5 Å². The summed E-state index contributed by atoms with van der Waals surface area (Å²) < 4.78 is 5.34. The fourth-order valence-corrected chi connectivity index (χ4v) is 2.52. The van der Waals surface area contributed by atoms with Crippen molar-refractivity contribution in [2.75, 3.05) is 13.7 Å². The molecule has 130 valence electrons. The summed E-state index contributed by atoms with van der Waals surface area (Å²) in [5.74, 6) is -0.0363. The Morgan fingerprint density at radius 2 is 1.62 bits per heavy atom. The van der Waals surface area contributed by atoms with Gasteiger partial charge >= 0.3 is 0 Å². The van der Waals surface area contributed by atoms with Crippen molar-refractivity contribution in [3.8, 4) is 0 Å². The number of carbonyl (C=O) groups excluding carboxylic acids is 1. The fourth-order valence-electron chi connectivity index (χ4n) is 2.52. The van der Waals surface area contributed by atoms with Crippen molar-refractivity contribution < 1.29 is 32.4 Å². The zero-order valence-electron chi connectivity index (χ0n) is 13.9. The number of aliphatic hydroxyl groups excluding tert-OH is 1. The number of hydrogen-bond acceptors (Lipinski definition) is 3. The molecule has 3 unspecified atom stereocenters. The predicted octanol–water partition coefficient (Wildman–Crippen LogP) is -1.43. The van der Waals surface area contributed by atoms with Crippen molar-refractivity contribution in [3.05, 3.63) is 71.8 Å². The van der Waals surface area contributed by atoms with Crippen LogP contribution in [-0.2, 0) is 4.74 Å². The monoisotopic (exact) mass is 349 g/mol. The van der Waals surface area contributed by atoms with E-state index in [4.69, 9.17) is 4.74 Å². The smallest absolute Gasteiger partial charge is 0.197 e. The maximum Gasteiger partial charge on any atom is 0.197 e. The first-order valence-electron chi connectivity index (χ1n) is 7.82. The van der Waals surface area contributed by atoms with Crippen molar-refractivity contribution in [2.45, 2.75) is 25.2 Å². The highest BCUT2D eigenvalue weighted by atomic mass is 35.5. The molecule has 0 aromatic heterocycles. The van der Waals surface area contributed by atoms with Crippen LogP contribution in [0.4, 0.5) is 0 Å². The Labute approximate surface area is 149 Å². The predicted molar refractivity (Wildman–Crippen MR) is 89.2 cm³/mol. The molecule has 3 atom stereocenters. The van der Waals surface area contributed by atoms with E-state index in [2.05, 4.69) is 0 Å². The average molecular weight is 350 g/mol. The Bertz CT molecular complexity index is 607. The van der Waals surface area contributed by atoms with Gasteiger partial charge in [-0.25, -0.2) is 0 Å². The number of hydrogen-bond donors (Lipinski definition) is 2. The molecule has 0 radical (unpaired) electrons. The number of quaternary nitrogens is 1. The zero-order valence-corrected chi connectivity index (χ0v) is 14.7. The second kappa shape index (κ2) is 10.2. The summed E-state index contributed by atoms with van der Waals surface area (Å²) in [6, 6.07) is 18.6. The lowest BCUT2D eigenvalue weighted by atomic mass is 10.0. The number of methoxy groups -OCH3 is 1. The molecule has 2 aromatic carbocycles. The molecule has 2 rings (SSSR count). The molecular weight excluding hydrogens is 326 g/mol. The highest BCUT2D eigenvalue weighted by Gasteiger charge is 2.25. The summed E-state index contributed by atoms with van der Waals surface area (Å²) in [5, 5.41) is 12.3. The first kappa shape index (κ1) is 20.3. The third-order valence-electron chi connectivity index (χ3n) is 4.00. The molecule has 0 bridgehead atoms. The summed E-state index contributed by atoms with van der Waals surface area (Å²) in [7, 11) is 1.54. The minimum absolute atomic E-state index is 0. The van der Waals surface area contributed by atoms with Crippen LogP contribution in [0, 0.1) is 0 Å². The first-order chi connectivity index (χ1) is 11.1. The van der Waals surface area contributed by atoms with E-state index < -0.39 is 12.2 Å². The molecule has 0 aliphatic carbocycles. The molecule has 0 aliphatic rings. The molecule has 0 fully saturated rings. The highest BCUT2D eigenvalue weighted by molar-refractivity contribution is 5.99. The van der Waals surface area contributed by atoms with Crippen molar-refractivity contribution in [3.63, 3.8) is 0 Å². The fraction of sp³-hybridized carbons (Fsp3) is 0.316. The quantitative estimate of drug-likeness (QED) is 0.575. The normalized spacial score (nSPS) is 14.3. The number of nitrogens with two attached hydrogens (primary N) is 1. The number of benzene rings is 2. The molecule has 0 heterocycles. The third kappa shape index (κ3) is 5.42. The summed E-state index contributed by atoms with van der Waals surface area (Å²) in [6.45, 7) is 2.41. The van der Waals surface area contributed by atoms with Gasteiger partial charge in [-0.15, -0.1) is 0 Å². The largest absolute Gasteiger partial charge is 1.00 e. The van der Waals surface area contributed by atoms with Crippen LogP contribution in [0.5, 0.6) is 0 Å². The summed E-state index contributed by atoms with van der Waals surface area (Å²) >= 11 is 0. The summed E-state index contributed by atoms with van der Waals surface area (Å²) in [6.07, 6.45) is -1.11. The molecule has 0 aliphatic heterocycles. The van der Waals surface area contributed by atoms with Gasteiger partial charge in [0.25, 0.3) is 0 Å². The second-order valence-electron chi connectivity index (χ2n) is 5.64. The molecule has 4 nitrogen and oxygen atoms in total. The molecule has 3 N–H and O–H groups in total. The highest BCUT2D eigenvalue weighted by Crippen LogP contribution is 2.13. The van der Waals surface area contributed by atoms with Crippen LogP contribution in [0.2, 0.25) is 0 Å². The molecule has 0 saturated heterocycles. The number of aliphatic hydroxyl groups is 1. The van der Waals surface area contributed by atoms with Crippen molar-refractivity contribution in [1.82, 2.24) is 0 Å². The molecule has 0 amide bonds. The number of Topliss-reactive ketones (excluding diaryl/α,β-unsaturated/α-hetero) is 1. The lowest BCUT2D eigenvalue weighted by Crippen LogP contribution is -3.00. The van der Waals surface area contributed by atoms with E-state index in [9.17, 15) is 9.90 Å². The Morgan fingerprint density at radius 1 is 1.08 bits per heavy atom. The number of ketones is 1. The van der Waals surface area contributed by atoms with Gasteiger partial charge in [-0.1, -0.05) is 60.7 Å². The van der Waals surface area contributed by atoms with Crippen LogP contribution >= 0.6 is 0 Å². The van der Waals surface area contributed by atoms with Gasteiger partial charge in [0.1, 0.15) is 18.7 Å². The first-order valence-corrected chi connectivity index (χ1v) is 7.82. The number of rotatable bonds is 8. The van der Waals surface area contributed by atoms with Gasteiger partial charge in [0, 0.05) is 12.7 Å². The minimum Gasteiger partial charge on any atom is -1.00 e. The Morgan fingerprint density at radius 3 is 2.17 bits per heavy atom. The van der Waals surface area contributed by atoms with Gasteiger partial charge in [-0.3, -0.25) is 4.79 Å². The van der Waals surface area contributed by atoms with Crippen LogP contribution in [0.1, 0.15) is 28.9 Å². The second-order valence-corrected chi connectivity index (χ2v) is 5.64. The van der Waals surface area contributed by atoms with Crippen LogP contribution in [0.3, 0.4) is 0 Å². The van der Waals surface area contributed by atoms with E-state index in [-0.39, 0.29) is 24.2 Å². The SMILES string of the molecule is COC(C[NH2+]C(C)C(O)c1ccccc1)C(=O)c1ccccc1.[Cl-]. The van der Waals surface area contributed by atoms with Crippen LogP contribution < -0.4 is 17.7 Å². The molecule has 5 heteroatoms. The van der Waals surface area contributed by atoms with E-state index >= 15 is 0 Å². The molecule has 0 saturated carbocycles. The topological polar surface area (TPSA) is 63.1 Å². The van der Waals surface area contributed by atoms with Gasteiger partial charge in [0.05, 0.1) is 0 Å². The van der Waals surface area contributed by atoms with Crippen molar-refractivity contribution in [1.29, 1.82) is 0 Å². The minimum atomic E-state index is -0.583. The van der Waals surface area contributed by atoms with Gasteiger partial charge in [-0.2, -0.15) is 0 Å². The molecule has 2 aromatic rings. The Hall–Kier alpha value is -1.72. The van der Waals surface area contributed by atoms with E-state index in [1.165, 1.54) is 7.11 Å². The third-order valence-corrected chi connectivity index (χ3v) is 4.00. The average Bonchev–Trinajstić information content (AvgIpc) is 2.62. The van der Waals surface area contributed by atoms with Crippen LogP contribution in [0.15, 0.2) is 60.7 Å². The van der Waals surface area contributed by atoms with Crippen molar-refractivity contribution in [2.24, 2.45) is 0 Å². The van der Waals surface area contributed by atoms with E-state index in [1.807, 2.05) is 60.8 Å². The van der Waals surface area contributed by atoms with Gasteiger partial charge in [0.2, 0.25) is 0 Å². The van der Waals surface area contributed by atoms with Crippen molar-refractivity contribution >= 4 is 5.78 Å². The summed E-state index contributed by atoms with van der Waals surface area (Å²) in [4.78, 5) is 12.4. The van der Waals surface area contributed by atoms with E-state index in [0.29, 0.717) is 12.1 Å². The van der Waals surface area contributed by atoms with Gasteiger partial charge < -0.3 is 27.6 Å². The molecule has 24 heavy (non-hydrogen) atoms. The lowest BCUT2D eigenvalue weighted by Gasteiger charge is -2.20. The molecular formula is C19H24ClNO3. The number of halogens is 1. The summed E-state index contributed by atoms with van der Waals surface area (Å²) in [5.41, 5.74) is 1.52. The maximum absolute atomic E-state index is 12.4. The maximum atomic E-state index is 12.4. The van der Waals surface area contributed by atoms with Crippen LogP contribution in [0.25, 0.3) is 0 Å². The number of carbonyl (C=O) groups is 1. The van der Waals surface area contributed by atoms with Crippen LogP contribution in [-0.4, -0.2) is 36.7 Å². The van der Waals surface area contributed by atoms with Gasteiger partial charge in [0.15, 0.2) is 11.9 Å². The lowest BCUT2D eigenvalue weighted by molar-refractivity contribution is -0.698. The van der Waals surface area contributed by atoms with E-state index in [0.717, 1.165) is 5.56 Å². The standard InChI is InChI=1S/C19H23NO3.ClH/c1-14(18(21)15-9-5-3-6-10-15)20-13-17(23-2)19(22)16-11-7-4-8-12-16;/h3-12,14,17-18,20-21H,13H2,1-2H3;1H. The number of ether oxygens (including phenoxy) is 1. The van der Waals surface area contributed by atoms with E-state index in [1.54, 1.807) is 12.1 Å². The Balaban J connectivity index is 0.00000288.